The Kier molecular flexibility index (Phi) is 3.13. The summed E-state index contributed by atoms with van der Waals surface area (Å²) < 4.78 is 5.06. The molecule has 3 rings (SSSR count). The molecular formula is C13H18N4O. The van der Waals surface area contributed by atoms with Crippen molar-refractivity contribution in [2.45, 2.75) is 45.1 Å². The molecule has 96 valence electrons. The van der Waals surface area contributed by atoms with E-state index in [0.717, 1.165) is 17.1 Å². The largest absolute Gasteiger partial charge is 0.366 e. The van der Waals surface area contributed by atoms with Crippen LogP contribution in [0.5, 0.6) is 0 Å². The summed E-state index contributed by atoms with van der Waals surface area (Å²) in [4.78, 5) is 8.37. The van der Waals surface area contributed by atoms with Gasteiger partial charge in [-0.3, -0.25) is 0 Å². The molecule has 2 heterocycles. The highest BCUT2D eigenvalue weighted by Crippen LogP contribution is 2.30. The molecule has 1 saturated carbocycles. The number of hydrogen-bond donors (Lipinski definition) is 1. The molecule has 5 heteroatoms. The van der Waals surface area contributed by atoms with Crippen molar-refractivity contribution in [1.29, 1.82) is 0 Å². The average molecular weight is 246 g/mol. The average Bonchev–Trinajstić information content (AvgIpc) is 2.89. The van der Waals surface area contributed by atoms with E-state index in [2.05, 4.69) is 27.4 Å². The van der Waals surface area contributed by atoms with Crippen molar-refractivity contribution >= 4 is 16.9 Å². The van der Waals surface area contributed by atoms with Crippen LogP contribution in [0.4, 0.5) is 5.82 Å². The third-order valence-corrected chi connectivity index (χ3v) is 3.92. The van der Waals surface area contributed by atoms with Crippen LogP contribution in [0.2, 0.25) is 0 Å². The quantitative estimate of drug-likeness (QED) is 0.901. The maximum absolute atomic E-state index is 5.06. The number of hydrogen-bond acceptors (Lipinski definition) is 5. The number of anilines is 1. The van der Waals surface area contributed by atoms with Crippen LogP contribution in [-0.4, -0.2) is 21.2 Å². The van der Waals surface area contributed by atoms with Gasteiger partial charge >= 0.3 is 0 Å². The van der Waals surface area contributed by atoms with E-state index in [-0.39, 0.29) is 0 Å². The molecule has 0 saturated heterocycles. The van der Waals surface area contributed by atoms with Crippen LogP contribution in [-0.2, 0) is 0 Å². The van der Waals surface area contributed by atoms with Gasteiger partial charge in [0.25, 0.3) is 5.71 Å². The molecule has 1 aliphatic carbocycles. The third-order valence-electron chi connectivity index (χ3n) is 3.92. The molecule has 2 aromatic rings. The van der Waals surface area contributed by atoms with E-state index in [1.54, 1.807) is 6.20 Å². The first-order valence-corrected chi connectivity index (χ1v) is 6.70. The molecule has 2 aromatic heterocycles. The van der Waals surface area contributed by atoms with Crippen LogP contribution < -0.4 is 5.32 Å². The predicted octanol–water partition coefficient (Wildman–Crippen LogP) is 3.00. The molecule has 0 amide bonds. The second kappa shape index (κ2) is 4.92. The first-order chi connectivity index (χ1) is 8.88. The van der Waals surface area contributed by atoms with E-state index >= 15 is 0 Å². The van der Waals surface area contributed by atoms with Crippen molar-refractivity contribution in [2.24, 2.45) is 5.92 Å². The number of nitrogens with one attached hydrogen (secondary N) is 1. The van der Waals surface area contributed by atoms with Crippen molar-refractivity contribution < 1.29 is 4.52 Å². The minimum absolute atomic E-state index is 0.511. The van der Waals surface area contributed by atoms with E-state index in [1.165, 1.54) is 38.4 Å². The number of rotatable bonds is 3. The highest BCUT2D eigenvalue weighted by atomic mass is 16.5. The van der Waals surface area contributed by atoms with E-state index in [9.17, 15) is 0 Å². The van der Waals surface area contributed by atoms with Gasteiger partial charge in [0.2, 0.25) is 0 Å². The molecule has 0 aliphatic heterocycles. The Morgan fingerprint density at radius 3 is 3.11 bits per heavy atom. The molecule has 18 heavy (non-hydrogen) atoms. The zero-order chi connectivity index (χ0) is 12.4. The minimum Gasteiger partial charge on any atom is -0.366 e. The minimum atomic E-state index is 0.511. The van der Waals surface area contributed by atoms with Gasteiger partial charge in [-0.25, -0.2) is 4.98 Å². The summed E-state index contributed by atoms with van der Waals surface area (Å²) in [5.74, 6) is 1.59. The van der Waals surface area contributed by atoms with Crippen LogP contribution in [0, 0.1) is 5.92 Å². The molecule has 1 N–H and O–H groups in total. The molecule has 0 bridgehead atoms. The molecule has 2 atom stereocenters. The standard InChI is InChI=1S/C13H18N4O/c1-2-9-5-3-4-6-11(9)17-12-10-7-16-18-13(10)15-8-14-12/h7-9,11H,2-6H2,1H3,(H,14,15,17)/t9-,11+/m1/s1. The molecule has 1 aliphatic rings. The zero-order valence-corrected chi connectivity index (χ0v) is 10.6. The van der Waals surface area contributed by atoms with Crippen molar-refractivity contribution in [3.05, 3.63) is 12.5 Å². The van der Waals surface area contributed by atoms with Crippen molar-refractivity contribution in [1.82, 2.24) is 15.1 Å². The van der Waals surface area contributed by atoms with Crippen LogP contribution in [0.25, 0.3) is 11.1 Å². The number of nitrogens with zero attached hydrogens (tertiary/aromatic N) is 3. The van der Waals surface area contributed by atoms with Gasteiger partial charge in [-0.2, -0.15) is 4.98 Å². The summed E-state index contributed by atoms with van der Waals surface area (Å²) in [7, 11) is 0. The second-order valence-corrected chi connectivity index (χ2v) is 4.97. The van der Waals surface area contributed by atoms with Gasteiger partial charge in [0.15, 0.2) is 0 Å². The van der Waals surface area contributed by atoms with Crippen molar-refractivity contribution in [3.63, 3.8) is 0 Å². The Bertz CT molecular complexity index is 524. The fraction of sp³-hybridized carbons (Fsp3) is 0.615. The van der Waals surface area contributed by atoms with Gasteiger partial charge in [0, 0.05) is 6.04 Å². The number of fused-ring (bicyclic) bond motifs is 1. The Morgan fingerprint density at radius 1 is 1.33 bits per heavy atom. The number of aromatic nitrogens is 3. The fourth-order valence-corrected chi connectivity index (χ4v) is 2.87. The molecule has 1 fully saturated rings. The smallest absolute Gasteiger partial charge is 0.262 e. The van der Waals surface area contributed by atoms with Crippen molar-refractivity contribution in [3.8, 4) is 0 Å². The summed E-state index contributed by atoms with van der Waals surface area (Å²) in [6.07, 6.45) is 9.60. The fourth-order valence-electron chi connectivity index (χ4n) is 2.87. The van der Waals surface area contributed by atoms with E-state index in [0.29, 0.717) is 11.8 Å². The van der Waals surface area contributed by atoms with Crippen LogP contribution in [0.1, 0.15) is 39.0 Å². The molecule has 5 nitrogen and oxygen atoms in total. The van der Waals surface area contributed by atoms with Gasteiger partial charge < -0.3 is 9.84 Å². The van der Waals surface area contributed by atoms with Crippen molar-refractivity contribution in [2.75, 3.05) is 5.32 Å². The first kappa shape index (κ1) is 11.4. The Hall–Kier alpha value is -1.65. The van der Waals surface area contributed by atoms with Gasteiger partial charge in [0.1, 0.15) is 17.5 Å². The van der Waals surface area contributed by atoms with Crippen LogP contribution >= 0.6 is 0 Å². The van der Waals surface area contributed by atoms with Gasteiger partial charge in [-0.1, -0.05) is 31.3 Å². The SMILES string of the molecule is CC[C@@H]1CCCC[C@@H]1Nc1ncnc2oncc12. The summed E-state index contributed by atoms with van der Waals surface area (Å²) in [6.45, 7) is 2.26. The molecular weight excluding hydrogens is 228 g/mol. The Morgan fingerprint density at radius 2 is 2.22 bits per heavy atom. The summed E-state index contributed by atoms with van der Waals surface area (Å²) in [6, 6.07) is 0.511. The summed E-state index contributed by atoms with van der Waals surface area (Å²) in [5, 5.41) is 8.21. The first-order valence-electron chi connectivity index (χ1n) is 6.70. The third kappa shape index (κ3) is 2.05. The van der Waals surface area contributed by atoms with Gasteiger partial charge in [-0.15, -0.1) is 0 Å². The van der Waals surface area contributed by atoms with Gasteiger partial charge in [-0.05, 0) is 18.8 Å². The van der Waals surface area contributed by atoms with E-state index in [1.807, 2.05) is 0 Å². The van der Waals surface area contributed by atoms with Gasteiger partial charge in [0.05, 0.1) is 6.20 Å². The Balaban J connectivity index is 1.84. The zero-order valence-electron chi connectivity index (χ0n) is 10.6. The lowest BCUT2D eigenvalue weighted by Gasteiger charge is -2.31. The summed E-state index contributed by atoms with van der Waals surface area (Å²) >= 11 is 0. The van der Waals surface area contributed by atoms with Crippen LogP contribution in [0.3, 0.4) is 0 Å². The lowest BCUT2D eigenvalue weighted by molar-refractivity contribution is 0.317. The normalized spacial score (nSPS) is 24.3. The maximum Gasteiger partial charge on any atom is 0.262 e. The lowest BCUT2D eigenvalue weighted by atomic mass is 9.83. The molecule has 0 radical (unpaired) electrons. The molecule has 0 unspecified atom stereocenters. The van der Waals surface area contributed by atoms with E-state index < -0.39 is 0 Å². The second-order valence-electron chi connectivity index (χ2n) is 4.97. The highest BCUT2D eigenvalue weighted by molar-refractivity contribution is 5.84. The predicted molar refractivity (Wildman–Crippen MR) is 69.3 cm³/mol. The van der Waals surface area contributed by atoms with Crippen LogP contribution in [0.15, 0.2) is 17.0 Å². The highest BCUT2D eigenvalue weighted by Gasteiger charge is 2.24. The molecule has 0 aromatic carbocycles. The monoisotopic (exact) mass is 246 g/mol. The topological polar surface area (TPSA) is 63.8 Å². The maximum atomic E-state index is 5.06. The van der Waals surface area contributed by atoms with E-state index in [4.69, 9.17) is 4.52 Å². The lowest BCUT2D eigenvalue weighted by Crippen LogP contribution is -2.32. The molecule has 0 spiro atoms. The summed E-state index contributed by atoms with van der Waals surface area (Å²) in [5.41, 5.74) is 0.552. The Labute approximate surface area is 106 Å².